The van der Waals surface area contributed by atoms with Crippen molar-refractivity contribution in [1.82, 2.24) is 5.32 Å². The number of halogens is 1. The van der Waals surface area contributed by atoms with Gasteiger partial charge >= 0.3 is 0 Å². The van der Waals surface area contributed by atoms with Gasteiger partial charge in [-0.25, -0.2) is 4.39 Å². The number of benzene rings is 2. The second kappa shape index (κ2) is 4.86. The highest BCUT2D eigenvalue weighted by Crippen LogP contribution is 2.28. The average Bonchev–Trinajstić information content (AvgIpc) is 2.83. The average molecular weight is 255 g/mol. The van der Waals surface area contributed by atoms with Gasteiger partial charge in [0.05, 0.1) is 6.04 Å². The van der Waals surface area contributed by atoms with Crippen molar-refractivity contribution in [1.29, 1.82) is 0 Å². The van der Waals surface area contributed by atoms with Gasteiger partial charge in [-0.1, -0.05) is 30.3 Å². The summed E-state index contributed by atoms with van der Waals surface area (Å²) in [7, 11) is 1.88. The van der Waals surface area contributed by atoms with Crippen LogP contribution >= 0.6 is 0 Å². The minimum atomic E-state index is -0.249. The van der Waals surface area contributed by atoms with E-state index in [2.05, 4.69) is 5.32 Å². The van der Waals surface area contributed by atoms with Crippen molar-refractivity contribution < 1.29 is 8.81 Å². The molecule has 0 bridgehead atoms. The number of hydrogen-bond donors (Lipinski definition) is 1. The molecule has 1 N–H and O–H groups in total. The van der Waals surface area contributed by atoms with Gasteiger partial charge in [0.2, 0.25) is 0 Å². The molecule has 0 saturated carbocycles. The molecule has 2 aromatic carbocycles. The van der Waals surface area contributed by atoms with Crippen LogP contribution in [-0.2, 0) is 0 Å². The van der Waals surface area contributed by atoms with Crippen LogP contribution in [0.2, 0.25) is 0 Å². The first-order valence-electron chi connectivity index (χ1n) is 6.19. The van der Waals surface area contributed by atoms with Crippen LogP contribution in [0.15, 0.2) is 59.0 Å². The Labute approximate surface area is 110 Å². The Morgan fingerprint density at radius 1 is 1.05 bits per heavy atom. The van der Waals surface area contributed by atoms with Crippen LogP contribution in [0.4, 0.5) is 4.39 Å². The maximum absolute atomic E-state index is 13.2. The predicted molar refractivity (Wildman–Crippen MR) is 73.5 cm³/mol. The molecule has 2 nitrogen and oxygen atoms in total. The van der Waals surface area contributed by atoms with Crippen molar-refractivity contribution in [2.75, 3.05) is 7.05 Å². The van der Waals surface area contributed by atoms with Crippen LogP contribution in [0.5, 0.6) is 0 Å². The molecule has 96 valence electrons. The third kappa shape index (κ3) is 2.25. The summed E-state index contributed by atoms with van der Waals surface area (Å²) in [6, 6.07) is 16.4. The third-order valence-corrected chi connectivity index (χ3v) is 3.20. The molecule has 1 atom stereocenters. The largest absolute Gasteiger partial charge is 0.459 e. The van der Waals surface area contributed by atoms with Crippen LogP contribution in [0.25, 0.3) is 11.0 Å². The van der Waals surface area contributed by atoms with Gasteiger partial charge in [0, 0.05) is 5.39 Å². The molecule has 0 aliphatic carbocycles. The standard InChI is InChI=1S/C16H14FNO/c1-18-16(11-5-3-2-4-6-11)15-10-12-9-13(17)7-8-14(12)19-15/h2-10,16,18H,1H3. The number of hydrogen-bond acceptors (Lipinski definition) is 2. The molecule has 3 aromatic rings. The maximum atomic E-state index is 13.2. The highest BCUT2D eigenvalue weighted by molar-refractivity contribution is 5.78. The molecule has 19 heavy (non-hydrogen) atoms. The van der Waals surface area contributed by atoms with Gasteiger partial charge in [0.25, 0.3) is 0 Å². The molecule has 0 fully saturated rings. The Hall–Kier alpha value is -2.13. The fourth-order valence-corrected chi connectivity index (χ4v) is 2.30. The van der Waals surface area contributed by atoms with Crippen molar-refractivity contribution in [2.24, 2.45) is 0 Å². The first-order chi connectivity index (χ1) is 9.28. The van der Waals surface area contributed by atoms with Crippen LogP contribution in [0.3, 0.4) is 0 Å². The Morgan fingerprint density at radius 3 is 2.58 bits per heavy atom. The Morgan fingerprint density at radius 2 is 1.84 bits per heavy atom. The first-order valence-corrected chi connectivity index (χ1v) is 6.19. The van der Waals surface area contributed by atoms with Gasteiger partial charge in [-0.2, -0.15) is 0 Å². The monoisotopic (exact) mass is 255 g/mol. The molecule has 0 radical (unpaired) electrons. The normalized spacial score (nSPS) is 12.7. The zero-order valence-electron chi connectivity index (χ0n) is 10.6. The van der Waals surface area contributed by atoms with Crippen LogP contribution in [0, 0.1) is 5.82 Å². The fourth-order valence-electron chi connectivity index (χ4n) is 2.30. The third-order valence-electron chi connectivity index (χ3n) is 3.20. The Kier molecular flexibility index (Phi) is 3.05. The molecule has 3 rings (SSSR count). The Balaban J connectivity index is 2.07. The summed E-state index contributed by atoms with van der Waals surface area (Å²) in [5.41, 5.74) is 1.82. The van der Waals surface area contributed by atoms with Gasteiger partial charge in [0.1, 0.15) is 17.2 Å². The minimum absolute atomic E-state index is 0.0309. The highest BCUT2D eigenvalue weighted by Gasteiger charge is 2.16. The van der Waals surface area contributed by atoms with E-state index < -0.39 is 0 Å². The van der Waals surface area contributed by atoms with E-state index in [0.717, 1.165) is 16.7 Å². The molecule has 3 heteroatoms. The quantitative estimate of drug-likeness (QED) is 0.768. The van der Waals surface area contributed by atoms with E-state index in [9.17, 15) is 4.39 Å². The molecule has 1 aromatic heterocycles. The van der Waals surface area contributed by atoms with E-state index in [-0.39, 0.29) is 11.9 Å². The summed E-state index contributed by atoms with van der Waals surface area (Å²) in [6.07, 6.45) is 0. The number of fused-ring (bicyclic) bond motifs is 1. The van der Waals surface area contributed by atoms with Crippen molar-refractivity contribution in [3.05, 3.63) is 71.7 Å². The van der Waals surface area contributed by atoms with Crippen molar-refractivity contribution in [3.8, 4) is 0 Å². The minimum Gasteiger partial charge on any atom is -0.459 e. The summed E-state index contributed by atoms with van der Waals surface area (Å²) in [5.74, 6) is 0.537. The van der Waals surface area contributed by atoms with Crippen molar-refractivity contribution in [3.63, 3.8) is 0 Å². The van der Waals surface area contributed by atoms with Gasteiger partial charge in [-0.15, -0.1) is 0 Å². The lowest BCUT2D eigenvalue weighted by molar-refractivity contribution is 0.491. The number of furan rings is 1. The van der Waals surface area contributed by atoms with Gasteiger partial charge in [-0.3, -0.25) is 0 Å². The Bertz CT molecular complexity index is 690. The number of rotatable bonds is 3. The lowest BCUT2D eigenvalue weighted by Gasteiger charge is -2.13. The second-order valence-corrected chi connectivity index (χ2v) is 4.46. The SMILES string of the molecule is CNC(c1ccccc1)c1cc2cc(F)ccc2o1. The molecular weight excluding hydrogens is 241 g/mol. The van der Waals surface area contributed by atoms with E-state index >= 15 is 0 Å². The number of nitrogens with one attached hydrogen (secondary N) is 1. The first kappa shape index (κ1) is 11.9. The van der Waals surface area contributed by atoms with E-state index in [1.165, 1.54) is 12.1 Å². The molecule has 0 aliphatic rings. The zero-order chi connectivity index (χ0) is 13.2. The van der Waals surface area contributed by atoms with Crippen LogP contribution in [0.1, 0.15) is 17.4 Å². The summed E-state index contributed by atoms with van der Waals surface area (Å²) >= 11 is 0. The van der Waals surface area contributed by atoms with Crippen molar-refractivity contribution in [2.45, 2.75) is 6.04 Å². The molecule has 0 saturated heterocycles. The molecule has 0 spiro atoms. The highest BCUT2D eigenvalue weighted by atomic mass is 19.1. The van der Waals surface area contributed by atoms with Gasteiger partial charge in [0.15, 0.2) is 0 Å². The molecular formula is C16H14FNO. The summed E-state index contributed by atoms with van der Waals surface area (Å²) < 4.78 is 19.0. The van der Waals surface area contributed by atoms with Crippen LogP contribution < -0.4 is 5.32 Å². The summed E-state index contributed by atoms with van der Waals surface area (Å²) in [5, 5.41) is 4.01. The smallest absolute Gasteiger partial charge is 0.134 e. The van der Waals surface area contributed by atoms with E-state index in [1.807, 2.05) is 43.4 Å². The molecule has 1 heterocycles. The van der Waals surface area contributed by atoms with Crippen molar-refractivity contribution >= 4 is 11.0 Å². The van der Waals surface area contributed by atoms with Gasteiger partial charge < -0.3 is 9.73 Å². The van der Waals surface area contributed by atoms with Gasteiger partial charge in [-0.05, 0) is 36.9 Å². The molecule has 0 aliphatic heterocycles. The van der Waals surface area contributed by atoms with E-state index in [0.29, 0.717) is 5.58 Å². The molecule has 1 unspecified atom stereocenters. The van der Waals surface area contributed by atoms with Crippen LogP contribution in [-0.4, -0.2) is 7.05 Å². The summed E-state index contributed by atoms with van der Waals surface area (Å²) in [4.78, 5) is 0. The lowest BCUT2D eigenvalue weighted by atomic mass is 10.0. The predicted octanol–water partition coefficient (Wildman–Crippen LogP) is 3.88. The molecule has 0 amide bonds. The lowest BCUT2D eigenvalue weighted by Crippen LogP contribution is -2.16. The van der Waals surface area contributed by atoms with E-state index in [4.69, 9.17) is 4.42 Å². The maximum Gasteiger partial charge on any atom is 0.134 e. The second-order valence-electron chi connectivity index (χ2n) is 4.46. The van der Waals surface area contributed by atoms with E-state index in [1.54, 1.807) is 6.07 Å². The summed E-state index contributed by atoms with van der Waals surface area (Å²) in [6.45, 7) is 0. The zero-order valence-corrected chi connectivity index (χ0v) is 10.6. The fraction of sp³-hybridized carbons (Fsp3) is 0.125. The topological polar surface area (TPSA) is 25.2 Å².